The summed E-state index contributed by atoms with van der Waals surface area (Å²) < 4.78 is 1.47. The number of benzene rings is 2. The second-order valence-electron chi connectivity index (χ2n) is 7.62. The van der Waals surface area contributed by atoms with E-state index < -0.39 is 17.1 Å². The van der Waals surface area contributed by atoms with Crippen molar-refractivity contribution < 1.29 is 9.90 Å². The van der Waals surface area contributed by atoms with Gasteiger partial charge >= 0.3 is 0 Å². The molecule has 0 aliphatic carbocycles. The number of nitrogen functional groups attached to an aromatic ring is 1. The monoisotopic (exact) mass is 404 g/mol. The summed E-state index contributed by atoms with van der Waals surface area (Å²) in [6.45, 7) is 4.03. The quantitative estimate of drug-likeness (QED) is 0.698. The number of aromatic nitrogens is 1. The number of aromatic hydroxyl groups is 1. The van der Waals surface area contributed by atoms with Crippen LogP contribution in [0.1, 0.15) is 41.5 Å². The maximum absolute atomic E-state index is 13.1. The lowest BCUT2D eigenvalue weighted by Crippen LogP contribution is -2.57. The molecule has 0 spiro atoms. The summed E-state index contributed by atoms with van der Waals surface area (Å²) in [5.41, 5.74) is 7.41. The Labute approximate surface area is 174 Å². The van der Waals surface area contributed by atoms with Crippen LogP contribution in [0.25, 0.3) is 0 Å². The molecule has 0 radical (unpaired) electrons. The van der Waals surface area contributed by atoms with Crippen LogP contribution in [0.5, 0.6) is 5.75 Å². The van der Waals surface area contributed by atoms with E-state index in [0.717, 1.165) is 17.2 Å². The zero-order valence-corrected chi connectivity index (χ0v) is 16.9. The Morgan fingerprint density at radius 2 is 1.47 bits per heavy atom. The van der Waals surface area contributed by atoms with Crippen LogP contribution >= 0.6 is 0 Å². The van der Waals surface area contributed by atoms with Gasteiger partial charge in [0, 0.05) is 12.1 Å². The molecule has 0 unspecified atom stereocenters. The molecule has 2 heterocycles. The summed E-state index contributed by atoms with van der Waals surface area (Å²) in [5.74, 6) is -0.922. The van der Waals surface area contributed by atoms with Gasteiger partial charge in [0.15, 0.2) is 11.4 Å². The predicted octanol–water partition coefficient (Wildman–Crippen LogP) is 2.69. The molecule has 154 valence electrons. The first-order valence-electron chi connectivity index (χ1n) is 9.82. The van der Waals surface area contributed by atoms with Gasteiger partial charge in [0.2, 0.25) is 5.43 Å². The third kappa shape index (κ3) is 3.18. The minimum atomic E-state index is -0.673. The van der Waals surface area contributed by atoms with Crippen molar-refractivity contribution in [1.82, 2.24) is 9.58 Å². The van der Waals surface area contributed by atoms with Crippen LogP contribution in [0.3, 0.4) is 0 Å². The molecule has 1 amide bonds. The minimum Gasteiger partial charge on any atom is -0.502 e. The van der Waals surface area contributed by atoms with Crippen molar-refractivity contribution >= 4 is 11.7 Å². The van der Waals surface area contributed by atoms with E-state index >= 15 is 0 Å². The molecule has 0 saturated carbocycles. The van der Waals surface area contributed by atoms with Gasteiger partial charge in [-0.1, -0.05) is 60.7 Å². The van der Waals surface area contributed by atoms with E-state index in [0.29, 0.717) is 0 Å². The number of nitrogens with two attached hydrogens (primary N) is 1. The molecular weight excluding hydrogens is 380 g/mol. The van der Waals surface area contributed by atoms with Crippen LogP contribution < -0.4 is 16.2 Å². The van der Waals surface area contributed by atoms with Gasteiger partial charge in [-0.25, -0.2) is 4.68 Å². The Hall–Kier alpha value is -3.74. The fraction of sp³-hybridized carbons (Fsp3) is 0.217. The largest absolute Gasteiger partial charge is 0.502 e. The summed E-state index contributed by atoms with van der Waals surface area (Å²) in [6.07, 6.45) is 0. The lowest BCUT2D eigenvalue weighted by Gasteiger charge is -2.45. The van der Waals surface area contributed by atoms with Gasteiger partial charge in [-0.15, -0.1) is 0 Å². The van der Waals surface area contributed by atoms with E-state index in [4.69, 9.17) is 5.73 Å². The zero-order valence-electron chi connectivity index (χ0n) is 16.9. The first-order valence-corrected chi connectivity index (χ1v) is 9.82. The molecule has 4 rings (SSSR count). The number of hydrogen-bond donors (Lipinski definition) is 2. The van der Waals surface area contributed by atoms with E-state index in [2.05, 4.69) is 0 Å². The van der Waals surface area contributed by atoms with Gasteiger partial charge in [-0.3, -0.25) is 14.6 Å². The molecule has 0 bridgehead atoms. The fourth-order valence-electron chi connectivity index (χ4n) is 3.90. The van der Waals surface area contributed by atoms with E-state index in [9.17, 15) is 14.7 Å². The summed E-state index contributed by atoms with van der Waals surface area (Å²) in [6, 6.07) is 20.4. The van der Waals surface area contributed by atoms with Crippen molar-refractivity contribution in [1.29, 1.82) is 0 Å². The molecule has 30 heavy (non-hydrogen) atoms. The van der Waals surface area contributed by atoms with Gasteiger partial charge in [-0.05, 0) is 25.0 Å². The number of fused-ring (bicyclic) bond motifs is 1. The molecule has 0 saturated heterocycles. The van der Waals surface area contributed by atoms with Gasteiger partial charge in [0.05, 0.1) is 6.04 Å². The van der Waals surface area contributed by atoms with Crippen molar-refractivity contribution in [3.63, 3.8) is 0 Å². The van der Waals surface area contributed by atoms with Crippen LogP contribution in [0.2, 0.25) is 0 Å². The van der Waals surface area contributed by atoms with Crippen molar-refractivity contribution in [3.8, 4) is 5.75 Å². The van der Waals surface area contributed by atoms with Crippen LogP contribution in [-0.2, 0) is 0 Å². The second-order valence-corrected chi connectivity index (χ2v) is 7.62. The van der Waals surface area contributed by atoms with Gasteiger partial charge < -0.3 is 15.7 Å². The zero-order chi connectivity index (χ0) is 21.4. The smallest absolute Gasteiger partial charge is 0.278 e. The number of amides is 1. The number of rotatable bonds is 4. The van der Waals surface area contributed by atoms with E-state index in [1.807, 2.05) is 79.5 Å². The Bertz CT molecular complexity index is 1090. The molecular formula is C23H24N4O3. The number of hydrogen-bond acceptors (Lipinski definition) is 5. The first-order chi connectivity index (χ1) is 14.4. The SMILES string of the molecule is CC(C)N1CN(C(c2ccccc2)c2ccccc2)n2c(N)cc(=O)c(O)c2C1=O. The van der Waals surface area contributed by atoms with Gasteiger partial charge in [0.1, 0.15) is 12.5 Å². The van der Waals surface area contributed by atoms with E-state index in [-0.39, 0.29) is 30.3 Å². The Morgan fingerprint density at radius 1 is 0.933 bits per heavy atom. The van der Waals surface area contributed by atoms with E-state index in [1.165, 1.54) is 4.68 Å². The maximum Gasteiger partial charge on any atom is 0.278 e. The van der Waals surface area contributed by atoms with Crippen molar-refractivity contribution in [2.45, 2.75) is 25.9 Å². The lowest BCUT2D eigenvalue weighted by molar-refractivity contribution is 0.0623. The number of anilines is 1. The number of carbonyl (C=O) groups excluding carboxylic acids is 1. The number of pyridine rings is 1. The predicted molar refractivity (Wildman–Crippen MR) is 116 cm³/mol. The topological polar surface area (TPSA) is 91.8 Å². The molecule has 0 atom stereocenters. The highest BCUT2D eigenvalue weighted by Gasteiger charge is 2.38. The fourth-order valence-corrected chi connectivity index (χ4v) is 3.90. The molecule has 1 aliphatic heterocycles. The average molecular weight is 404 g/mol. The highest BCUT2D eigenvalue weighted by molar-refractivity contribution is 5.97. The Kier molecular flexibility index (Phi) is 4.95. The highest BCUT2D eigenvalue weighted by atomic mass is 16.3. The third-order valence-corrected chi connectivity index (χ3v) is 5.36. The normalized spacial score (nSPS) is 13.8. The lowest BCUT2D eigenvalue weighted by atomic mass is 9.98. The molecule has 3 N–H and O–H groups in total. The van der Waals surface area contributed by atoms with Crippen LogP contribution in [-0.4, -0.2) is 33.3 Å². The molecule has 7 heteroatoms. The highest BCUT2D eigenvalue weighted by Crippen LogP contribution is 2.33. The maximum atomic E-state index is 13.1. The second kappa shape index (κ2) is 7.59. The Morgan fingerprint density at radius 3 is 1.97 bits per heavy atom. The summed E-state index contributed by atoms with van der Waals surface area (Å²) >= 11 is 0. The average Bonchev–Trinajstić information content (AvgIpc) is 2.74. The van der Waals surface area contributed by atoms with Crippen LogP contribution in [0.15, 0.2) is 71.5 Å². The van der Waals surface area contributed by atoms with Crippen LogP contribution in [0, 0.1) is 0 Å². The van der Waals surface area contributed by atoms with Crippen LogP contribution in [0.4, 0.5) is 5.82 Å². The standard InChI is InChI=1S/C23H24N4O3/c1-15(2)25-14-26(27-19(24)13-18(28)22(29)21(27)23(25)30)20(16-9-5-3-6-10-16)17-11-7-4-8-12-17/h3-13,15,20,29H,14,24H2,1-2H3. The van der Waals surface area contributed by atoms with Gasteiger partial charge in [-0.2, -0.15) is 0 Å². The Balaban J connectivity index is 2.00. The van der Waals surface area contributed by atoms with Crippen molar-refractivity contribution in [3.05, 3.63) is 93.8 Å². The van der Waals surface area contributed by atoms with Crippen molar-refractivity contribution in [2.75, 3.05) is 17.4 Å². The molecule has 2 aromatic carbocycles. The third-order valence-electron chi connectivity index (χ3n) is 5.36. The summed E-state index contributed by atoms with van der Waals surface area (Å²) in [4.78, 5) is 27.0. The first kappa shape index (κ1) is 19.6. The molecule has 3 aromatic rings. The van der Waals surface area contributed by atoms with E-state index in [1.54, 1.807) is 4.90 Å². The number of carbonyl (C=O) groups is 1. The molecule has 1 aliphatic rings. The molecule has 0 fully saturated rings. The number of nitrogens with zero attached hydrogens (tertiary/aromatic N) is 3. The molecule has 1 aromatic heterocycles. The summed E-state index contributed by atoms with van der Waals surface area (Å²) in [5, 5.41) is 12.4. The summed E-state index contributed by atoms with van der Waals surface area (Å²) in [7, 11) is 0. The minimum absolute atomic E-state index is 0.0985. The van der Waals surface area contributed by atoms with Crippen molar-refractivity contribution in [2.24, 2.45) is 0 Å². The van der Waals surface area contributed by atoms with Gasteiger partial charge in [0.25, 0.3) is 5.91 Å². The molecule has 7 nitrogen and oxygen atoms in total.